The van der Waals surface area contributed by atoms with Crippen LogP contribution in [-0.2, 0) is 76.1 Å². The van der Waals surface area contributed by atoms with E-state index in [1.807, 2.05) is 0 Å². The number of aliphatic hydroxyl groups excluding tert-OH is 16. The van der Waals surface area contributed by atoms with Gasteiger partial charge in [-0.05, 0) is 45.4 Å². The molecule has 37 heteroatoms. The Bertz CT molecular complexity index is 2930. The first kappa shape index (κ1) is 106. The van der Waals surface area contributed by atoms with Gasteiger partial charge in [0.2, 0.25) is 17.7 Å². The maximum atomic E-state index is 14.2. The molecule has 0 spiro atoms. The number of unbranched alkanes of at least 4 members (excludes halogenated alkanes) is 27. The van der Waals surface area contributed by atoms with Crippen LogP contribution in [0.4, 0.5) is 0 Å². The number of hydrogen-bond acceptors (Lipinski definition) is 32. The van der Waals surface area contributed by atoms with Crippen LogP contribution in [0.15, 0.2) is 12.2 Å². The predicted octanol–water partition coefficient (Wildman–Crippen LogP) is 0.958. The summed E-state index contributed by atoms with van der Waals surface area (Å²) in [6.07, 6.45) is -14.4. The third-order valence-corrected chi connectivity index (χ3v) is 23.3. The summed E-state index contributed by atoms with van der Waals surface area (Å²) in [5.41, 5.74) is 0. The van der Waals surface area contributed by atoms with Crippen LogP contribution in [0.1, 0.15) is 259 Å². The average Bonchev–Trinajstić information content (AvgIpc) is 0.746. The third-order valence-electron chi connectivity index (χ3n) is 23.3. The van der Waals surface area contributed by atoms with E-state index < -0.39 is 265 Å². The van der Waals surface area contributed by atoms with Gasteiger partial charge in [-0.25, -0.2) is 9.59 Å². The van der Waals surface area contributed by atoms with Gasteiger partial charge in [-0.2, -0.15) is 0 Å². The Kier molecular flexibility index (Phi) is 49.6. The maximum Gasteiger partial charge on any atom is 0.364 e. The Morgan fingerprint density at radius 2 is 0.908 bits per heavy atom. The SMILES string of the molecule is CCCCCCCC/C=C\CCCCCCCCCCCC(=O)N[C@@H](CO[C@@H]1O[C@H](CO)[C@@H](O[C@@H]2O[C@H](CO)[C@H](O[C@@H]3O[C@H](CO)[C@H](O)[C@H](O)[C@H]3CC(C)=O)[C@H](O[C@]3(C(=O)O)C[C@H](O)[C@@H](NC(C)=O)C([C@H](O)[C@@H](CO)O[C@]4(C(=O)O)C[C@H](O)[C@@H](NC(C)=O)C([C@H](O)[C@H](O)CO)O4)O3)[C@H]2O)[C@H](O)[C@H]1O)[C@H](O)CCCCCCCCCCCCCCC. The number of ketones is 1. The molecule has 5 heterocycles. The van der Waals surface area contributed by atoms with Crippen molar-refractivity contribution in [3.8, 4) is 0 Å². The summed E-state index contributed by atoms with van der Waals surface area (Å²) in [6, 6.07) is -4.87. The van der Waals surface area contributed by atoms with Crippen molar-refractivity contribution in [3.63, 3.8) is 0 Å². The van der Waals surface area contributed by atoms with E-state index in [2.05, 4.69) is 41.9 Å². The smallest absolute Gasteiger partial charge is 0.364 e. The van der Waals surface area contributed by atoms with Crippen LogP contribution in [-0.4, -0.2) is 338 Å². The van der Waals surface area contributed by atoms with Crippen molar-refractivity contribution in [1.29, 1.82) is 0 Å². The number of hydrogen-bond donors (Lipinski definition) is 21. The summed E-state index contributed by atoms with van der Waals surface area (Å²) in [5, 5.41) is 211. The molecule has 5 saturated heterocycles. The zero-order valence-corrected chi connectivity index (χ0v) is 70.8. The van der Waals surface area contributed by atoms with E-state index in [0.29, 0.717) is 12.8 Å². The zero-order chi connectivity index (χ0) is 88.7. The Hall–Kier alpha value is -4.28. The largest absolute Gasteiger partial charge is 0.477 e. The molecule has 5 fully saturated rings. The Labute approximate surface area is 704 Å². The Morgan fingerprint density at radius 1 is 0.467 bits per heavy atom. The highest BCUT2D eigenvalue weighted by atomic mass is 16.8. The number of aliphatic carboxylic acids is 2. The number of allylic oxidation sites excluding steroid dienone is 2. The summed E-state index contributed by atoms with van der Waals surface area (Å²) in [6.45, 7) is 0.797. The molecular formula is C83H147N3O34. The van der Waals surface area contributed by atoms with Gasteiger partial charge in [0.1, 0.15) is 103 Å². The fourth-order valence-corrected chi connectivity index (χ4v) is 16.4. The van der Waals surface area contributed by atoms with Crippen molar-refractivity contribution >= 4 is 35.4 Å². The Morgan fingerprint density at radius 3 is 1.38 bits per heavy atom. The van der Waals surface area contributed by atoms with E-state index in [-0.39, 0.29) is 18.7 Å². The summed E-state index contributed by atoms with van der Waals surface area (Å²) in [7, 11) is 0. The van der Waals surface area contributed by atoms with Crippen molar-refractivity contribution in [3.05, 3.63) is 12.2 Å². The number of carboxylic acid groups (broad SMARTS) is 2. The number of aliphatic hydroxyl groups is 16. The van der Waals surface area contributed by atoms with Crippen molar-refractivity contribution in [2.75, 3.05) is 39.6 Å². The summed E-state index contributed by atoms with van der Waals surface area (Å²) in [4.78, 5) is 79.3. The lowest BCUT2D eigenvalue weighted by atomic mass is 9.86. The van der Waals surface area contributed by atoms with Gasteiger partial charge < -0.3 is 160 Å². The molecule has 0 saturated carbocycles. The van der Waals surface area contributed by atoms with Gasteiger partial charge in [0.25, 0.3) is 11.6 Å². The second-order valence-electron chi connectivity index (χ2n) is 33.2. The number of ether oxygens (including phenoxy) is 10. The molecule has 5 aliphatic heterocycles. The molecule has 0 aromatic heterocycles. The van der Waals surface area contributed by atoms with E-state index in [0.717, 1.165) is 104 Å². The van der Waals surface area contributed by atoms with Gasteiger partial charge in [0, 0.05) is 45.4 Å². The standard InChI is InChI=1S/C83H147N3O34/c1-6-8-10-12-14-16-18-20-21-22-23-24-25-27-29-31-33-35-37-39-62(99)86-53(54(95)38-36-34-32-30-28-26-19-17-15-13-11-9-7-2)48-111-78-70(105)69(104)72(60(46-90)113-78)115-79-71(106)76(73(61(47-91)114-79)116-77-52(40-49(3)92)65(100)67(102)58(44-88)112-77)120-83(81(109)110)42-56(97)64(85-51(5)94)75(119-83)68(103)59(45-89)117-82(80(107)108)41-55(96)63(84-50(4)93)74(118-82)66(101)57(98)43-87/h20-21,52-61,63-79,87-91,95-98,100-106H,6-19,22-48H2,1-5H3,(H,84,93)(H,85,94)(H,86,99)(H,107,108)(H,109,110)/b21-20-/t52-,53+,54-,55+,56+,57-,58-,59-,60-,61-,63-,64-,65-,66-,67+,68-,69-,70-,71-,72-,73+,74?,75?,76-,77+,78-,79+,82-,83+/m1/s1. The second-order valence-corrected chi connectivity index (χ2v) is 33.2. The average molecular weight is 1730 g/mol. The van der Waals surface area contributed by atoms with Gasteiger partial charge in [-0.15, -0.1) is 0 Å². The number of carbonyl (C=O) groups is 6. The molecule has 0 aromatic rings. The molecule has 21 N–H and O–H groups in total. The van der Waals surface area contributed by atoms with Crippen molar-refractivity contribution in [1.82, 2.24) is 16.0 Å². The van der Waals surface area contributed by atoms with Crippen LogP contribution < -0.4 is 16.0 Å². The van der Waals surface area contributed by atoms with Crippen LogP contribution in [0, 0.1) is 5.92 Å². The first-order valence-electron chi connectivity index (χ1n) is 43.9. The number of carbonyl (C=O) groups excluding carboxylic acids is 4. The van der Waals surface area contributed by atoms with Gasteiger partial charge in [-0.3, -0.25) is 14.4 Å². The highest BCUT2D eigenvalue weighted by Crippen LogP contribution is 2.43. The van der Waals surface area contributed by atoms with Gasteiger partial charge in [0.05, 0.1) is 82.2 Å². The number of rotatable bonds is 61. The molecule has 3 amide bonds. The van der Waals surface area contributed by atoms with E-state index >= 15 is 0 Å². The second kappa shape index (κ2) is 56.0. The van der Waals surface area contributed by atoms with Crippen LogP contribution >= 0.6 is 0 Å². The molecule has 37 nitrogen and oxygen atoms in total. The molecule has 120 heavy (non-hydrogen) atoms. The number of carboxylic acids is 2. The van der Waals surface area contributed by atoms with E-state index in [1.165, 1.54) is 96.3 Å². The van der Waals surface area contributed by atoms with E-state index in [4.69, 9.17) is 47.4 Å². The van der Waals surface area contributed by atoms with Gasteiger partial charge >= 0.3 is 11.9 Å². The minimum atomic E-state index is -3.57. The molecule has 0 aliphatic carbocycles. The minimum Gasteiger partial charge on any atom is -0.477 e. The van der Waals surface area contributed by atoms with Crippen LogP contribution in [0.3, 0.4) is 0 Å². The molecular weight excluding hydrogens is 1580 g/mol. The highest BCUT2D eigenvalue weighted by molar-refractivity contribution is 5.78. The third kappa shape index (κ3) is 33.2. The highest BCUT2D eigenvalue weighted by Gasteiger charge is 2.64. The lowest BCUT2D eigenvalue weighted by molar-refractivity contribution is -0.404. The summed E-state index contributed by atoms with van der Waals surface area (Å²) < 4.78 is 60.3. The monoisotopic (exact) mass is 1730 g/mol. The summed E-state index contributed by atoms with van der Waals surface area (Å²) >= 11 is 0. The maximum absolute atomic E-state index is 14.2. The van der Waals surface area contributed by atoms with Gasteiger partial charge in [-0.1, -0.05) is 187 Å². The number of nitrogens with one attached hydrogen (secondary N) is 3. The number of Topliss-reactive ketones (excluding diaryl/α,β-unsaturated/α-hetero) is 1. The van der Waals surface area contributed by atoms with Crippen LogP contribution in [0.2, 0.25) is 0 Å². The van der Waals surface area contributed by atoms with Crippen LogP contribution in [0.25, 0.3) is 0 Å². The van der Waals surface area contributed by atoms with Crippen LogP contribution in [0.5, 0.6) is 0 Å². The van der Waals surface area contributed by atoms with E-state index in [9.17, 15) is 121 Å². The molecule has 698 valence electrons. The fraction of sp³-hybridized carbons (Fsp3) is 0.904. The van der Waals surface area contributed by atoms with Crippen molar-refractivity contribution in [2.45, 2.75) is 430 Å². The molecule has 5 aliphatic rings. The molecule has 0 radical (unpaired) electrons. The minimum absolute atomic E-state index is 0.134. The zero-order valence-electron chi connectivity index (χ0n) is 70.8. The number of amides is 3. The van der Waals surface area contributed by atoms with Crippen molar-refractivity contribution in [2.24, 2.45) is 5.92 Å². The van der Waals surface area contributed by atoms with Crippen molar-refractivity contribution < 1.29 is 168 Å². The lowest BCUT2D eigenvalue weighted by Crippen LogP contribution is -2.72. The molecule has 0 aromatic carbocycles. The quantitative estimate of drug-likeness (QED) is 0.0298. The predicted molar refractivity (Wildman–Crippen MR) is 427 cm³/mol. The normalized spacial score (nSPS) is 32.6. The van der Waals surface area contributed by atoms with Gasteiger partial charge in [0.15, 0.2) is 18.9 Å². The molecule has 0 bridgehead atoms. The van der Waals surface area contributed by atoms with E-state index in [1.54, 1.807) is 0 Å². The topological polar surface area (TPSA) is 595 Å². The first-order chi connectivity index (χ1) is 57.3. The fourth-order valence-electron chi connectivity index (χ4n) is 16.4. The molecule has 2 unspecified atom stereocenters. The molecule has 29 atom stereocenters. The molecule has 5 rings (SSSR count). The summed E-state index contributed by atoms with van der Waals surface area (Å²) in [5.74, 6) is -15.8. The Balaban J connectivity index is 1.40. The first-order valence-corrected chi connectivity index (χ1v) is 43.9. The lowest BCUT2D eigenvalue weighted by Gasteiger charge is -2.52.